The Hall–Kier alpha value is -3.38. The third-order valence-electron chi connectivity index (χ3n) is 7.22. The third kappa shape index (κ3) is 11.2. The van der Waals surface area contributed by atoms with E-state index in [-0.39, 0.29) is 30.1 Å². The topological polar surface area (TPSA) is 276 Å². The van der Waals surface area contributed by atoms with Crippen molar-refractivity contribution in [1.29, 1.82) is 0 Å². The van der Waals surface area contributed by atoms with Gasteiger partial charge in [0.2, 0.25) is 24.0 Å². The van der Waals surface area contributed by atoms with Gasteiger partial charge >= 0.3 is 0 Å². The highest BCUT2D eigenvalue weighted by Gasteiger charge is 2.44. The molecule has 12 N–H and O–H groups in total. The molecule has 0 spiro atoms. The molecule has 1 aliphatic heterocycles. The van der Waals surface area contributed by atoms with Crippen LogP contribution in [-0.2, 0) is 19.1 Å². The maximum atomic E-state index is 13.3. The molecule has 1 aliphatic rings. The van der Waals surface area contributed by atoms with Crippen molar-refractivity contribution in [3.8, 4) is 5.75 Å². The number of aliphatic hydroxyl groups is 5. The number of carbonyl (C=O) groups excluding carboxylic acids is 4. The zero-order valence-corrected chi connectivity index (χ0v) is 25.7. The van der Waals surface area contributed by atoms with Crippen LogP contribution < -0.4 is 32.2 Å². The minimum atomic E-state index is -1.63. The Morgan fingerprint density at radius 3 is 2.09 bits per heavy atom. The van der Waals surface area contributed by atoms with Gasteiger partial charge in [-0.1, -0.05) is 13.8 Å². The highest BCUT2D eigenvalue weighted by atomic mass is 16.7. The number of nitrogens with one attached hydrogen (secondary N) is 3. The van der Waals surface area contributed by atoms with E-state index >= 15 is 0 Å². The summed E-state index contributed by atoms with van der Waals surface area (Å²) >= 11 is 0. The van der Waals surface area contributed by atoms with Crippen molar-refractivity contribution in [2.24, 2.45) is 17.4 Å². The molecular weight excluding hydrogens is 594 g/mol. The number of rotatable bonds is 17. The fourth-order valence-electron chi connectivity index (χ4n) is 4.63. The summed E-state index contributed by atoms with van der Waals surface area (Å²) in [5, 5.41) is 57.2. The fraction of sp³-hybridized carbons (Fsp3) is 0.655. The Morgan fingerprint density at radius 2 is 1.56 bits per heavy atom. The van der Waals surface area contributed by atoms with Crippen LogP contribution in [0.4, 0.5) is 0 Å². The number of hydrogen-bond acceptors (Lipinski definition) is 12. The minimum absolute atomic E-state index is 0.0258. The van der Waals surface area contributed by atoms with Crippen molar-refractivity contribution in [1.82, 2.24) is 16.0 Å². The number of aliphatic hydroxyl groups excluding tert-OH is 5. The first-order valence-electron chi connectivity index (χ1n) is 14.9. The first-order valence-corrected chi connectivity index (χ1v) is 14.9. The predicted octanol–water partition coefficient (Wildman–Crippen LogP) is -3.03. The monoisotopic (exact) mass is 641 g/mol. The van der Waals surface area contributed by atoms with Crippen molar-refractivity contribution in [3.05, 3.63) is 29.8 Å². The van der Waals surface area contributed by atoms with E-state index in [4.69, 9.17) is 20.9 Å². The smallest absolute Gasteiger partial charge is 0.251 e. The van der Waals surface area contributed by atoms with Crippen LogP contribution in [0.1, 0.15) is 56.8 Å². The Bertz CT molecular complexity index is 1120. The summed E-state index contributed by atoms with van der Waals surface area (Å²) in [6.45, 7) is 4.69. The molecule has 0 aliphatic carbocycles. The number of amides is 4. The molecule has 1 heterocycles. The number of hydrogen-bond donors (Lipinski definition) is 10. The molecule has 16 heteroatoms. The average molecular weight is 642 g/mol. The molecule has 1 fully saturated rings. The van der Waals surface area contributed by atoms with Crippen LogP contribution in [0.5, 0.6) is 5.75 Å². The maximum Gasteiger partial charge on any atom is 0.251 e. The van der Waals surface area contributed by atoms with Crippen molar-refractivity contribution >= 4 is 23.6 Å². The molecule has 16 nitrogen and oxygen atoms in total. The lowest BCUT2D eigenvalue weighted by Crippen LogP contribution is -2.60. The molecule has 0 aromatic heterocycles. The van der Waals surface area contributed by atoms with Crippen LogP contribution in [0.3, 0.4) is 0 Å². The number of benzene rings is 1. The fourth-order valence-corrected chi connectivity index (χ4v) is 4.63. The lowest BCUT2D eigenvalue weighted by molar-refractivity contribution is -0.277. The lowest BCUT2D eigenvalue weighted by Gasteiger charge is -2.39. The maximum absolute atomic E-state index is 13.3. The van der Waals surface area contributed by atoms with Crippen LogP contribution in [0.25, 0.3) is 0 Å². The van der Waals surface area contributed by atoms with Gasteiger partial charge in [0.1, 0.15) is 48.3 Å². The number of primary amides is 1. The van der Waals surface area contributed by atoms with Crippen molar-refractivity contribution in [2.45, 2.75) is 101 Å². The van der Waals surface area contributed by atoms with Gasteiger partial charge in [0.15, 0.2) is 0 Å². The Balaban J connectivity index is 2.12. The summed E-state index contributed by atoms with van der Waals surface area (Å²) in [4.78, 5) is 51.1. The minimum Gasteiger partial charge on any atom is -0.462 e. The molecule has 0 saturated carbocycles. The number of carbonyl (C=O) groups is 4. The number of nitrogens with two attached hydrogens (primary N) is 2. The molecule has 1 aromatic carbocycles. The summed E-state index contributed by atoms with van der Waals surface area (Å²) in [6, 6.07) is 1.91. The molecule has 1 aromatic rings. The van der Waals surface area contributed by atoms with E-state index < -0.39 is 85.2 Å². The van der Waals surface area contributed by atoms with Crippen molar-refractivity contribution < 1.29 is 54.2 Å². The van der Waals surface area contributed by atoms with Crippen LogP contribution in [0.2, 0.25) is 0 Å². The van der Waals surface area contributed by atoms with Gasteiger partial charge in [-0.2, -0.15) is 0 Å². The van der Waals surface area contributed by atoms with E-state index in [9.17, 15) is 44.7 Å². The van der Waals surface area contributed by atoms with Crippen LogP contribution >= 0.6 is 0 Å². The zero-order chi connectivity index (χ0) is 33.8. The van der Waals surface area contributed by atoms with Gasteiger partial charge in [-0.05, 0) is 69.3 Å². The van der Waals surface area contributed by atoms with E-state index in [0.29, 0.717) is 19.4 Å². The second-order valence-electron chi connectivity index (χ2n) is 11.5. The highest BCUT2D eigenvalue weighted by molar-refractivity contribution is 5.98. The predicted molar refractivity (Wildman–Crippen MR) is 159 cm³/mol. The second kappa shape index (κ2) is 17.9. The first kappa shape index (κ1) is 37.8. The van der Waals surface area contributed by atoms with E-state index in [1.54, 1.807) is 0 Å². The SMILES string of the molecule is CC(C)C[C@H](NC(=O)[C@@H](NC(=O)[C@H](CCCCN)NC(=O)c1ccc(O[C@@H]2O[C@H](CO)[C@H](O)[C@H](O)[C@H]2O)cc1)[C@@H](C)O)C(N)=O. The van der Waals surface area contributed by atoms with Gasteiger partial charge in [-0.3, -0.25) is 19.2 Å². The van der Waals surface area contributed by atoms with Gasteiger partial charge in [0.25, 0.3) is 5.91 Å². The van der Waals surface area contributed by atoms with Gasteiger partial charge in [-0.25, -0.2) is 0 Å². The summed E-state index contributed by atoms with van der Waals surface area (Å²) in [5.41, 5.74) is 11.1. The molecule has 254 valence electrons. The average Bonchev–Trinajstić information content (AvgIpc) is 2.98. The van der Waals surface area contributed by atoms with Crippen molar-refractivity contribution in [3.63, 3.8) is 0 Å². The summed E-state index contributed by atoms with van der Waals surface area (Å²) in [5.74, 6) is -2.81. The van der Waals surface area contributed by atoms with Gasteiger partial charge < -0.3 is 62.4 Å². The summed E-state index contributed by atoms with van der Waals surface area (Å²) in [7, 11) is 0. The van der Waals surface area contributed by atoms with Crippen LogP contribution in [0.15, 0.2) is 24.3 Å². The molecule has 0 unspecified atom stereocenters. The molecular formula is C29H47N5O11. The van der Waals surface area contributed by atoms with E-state index in [1.807, 2.05) is 13.8 Å². The summed E-state index contributed by atoms with van der Waals surface area (Å²) < 4.78 is 10.9. The largest absolute Gasteiger partial charge is 0.462 e. The molecule has 1 saturated heterocycles. The number of unbranched alkanes of at least 4 members (excludes halogenated alkanes) is 1. The van der Waals surface area contributed by atoms with E-state index in [2.05, 4.69) is 16.0 Å². The van der Waals surface area contributed by atoms with Crippen LogP contribution in [-0.4, -0.2) is 117 Å². The zero-order valence-electron chi connectivity index (χ0n) is 25.7. The second-order valence-corrected chi connectivity index (χ2v) is 11.5. The molecule has 4 amide bonds. The molecule has 0 radical (unpaired) electrons. The van der Waals surface area contributed by atoms with Gasteiger partial charge in [0, 0.05) is 5.56 Å². The standard InChI is InChI=1S/C29H47N5O11/c1-14(2)12-19(25(31)40)33-28(43)21(15(3)36)34-27(42)18(6-4-5-11-30)32-26(41)16-7-9-17(10-8-16)44-29-24(39)23(38)22(37)20(13-35)45-29/h7-10,14-15,18-24,29,35-39H,4-6,11-13,30H2,1-3H3,(H2,31,40)(H,32,41)(H,33,43)(H,34,42)/t15-,18+,19+,20-,21+,22+,23+,24-,29-/m1/s1. The molecule has 2 rings (SSSR count). The van der Waals surface area contributed by atoms with Gasteiger partial charge in [-0.15, -0.1) is 0 Å². The number of ether oxygens (including phenoxy) is 2. The van der Waals surface area contributed by atoms with Crippen molar-refractivity contribution in [2.75, 3.05) is 13.2 Å². The highest BCUT2D eigenvalue weighted by Crippen LogP contribution is 2.24. The lowest BCUT2D eigenvalue weighted by atomic mass is 9.99. The van der Waals surface area contributed by atoms with Gasteiger partial charge in [0.05, 0.1) is 12.7 Å². The normalized spacial score (nSPS) is 24.2. The Labute approximate surface area is 261 Å². The van der Waals surface area contributed by atoms with E-state index in [0.717, 1.165) is 0 Å². The van der Waals surface area contributed by atoms with E-state index in [1.165, 1.54) is 31.2 Å². The third-order valence-corrected chi connectivity index (χ3v) is 7.22. The molecule has 0 bridgehead atoms. The first-order chi connectivity index (χ1) is 21.2. The summed E-state index contributed by atoms with van der Waals surface area (Å²) in [6.07, 6.45) is -7.29. The quantitative estimate of drug-likeness (QED) is 0.0761. The van der Waals surface area contributed by atoms with Crippen LogP contribution in [0, 0.1) is 5.92 Å². The molecule has 9 atom stereocenters. The Morgan fingerprint density at radius 1 is 0.911 bits per heavy atom. The molecule has 45 heavy (non-hydrogen) atoms. The Kier molecular flexibility index (Phi) is 15.1.